The zero-order valence-corrected chi connectivity index (χ0v) is 10.6. The van der Waals surface area contributed by atoms with Gasteiger partial charge in [-0.1, -0.05) is 18.2 Å². The number of ether oxygens (including phenoxy) is 1. The fourth-order valence-electron chi connectivity index (χ4n) is 2.63. The average Bonchev–Trinajstić information content (AvgIpc) is 2.39. The normalized spacial score (nSPS) is 23.4. The van der Waals surface area contributed by atoms with E-state index in [0.717, 1.165) is 37.5 Å². The van der Waals surface area contributed by atoms with Gasteiger partial charge in [0.05, 0.1) is 0 Å². The molecule has 1 aliphatic carbocycles. The summed E-state index contributed by atoms with van der Waals surface area (Å²) in [6, 6.07) is 7.78. The van der Waals surface area contributed by atoms with Crippen molar-refractivity contribution in [1.82, 2.24) is 0 Å². The Balaban J connectivity index is 1.96. The van der Waals surface area contributed by atoms with Crippen LogP contribution in [0, 0.1) is 0 Å². The van der Waals surface area contributed by atoms with Gasteiger partial charge in [-0.2, -0.15) is 0 Å². The first kappa shape index (κ1) is 12.8. The summed E-state index contributed by atoms with van der Waals surface area (Å²) in [7, 11) is 0. The van der Waals surface area contributed by atoms with Crippen molar-refractivity contribution < 1.29 is 14.3 Å². The lowest BCUT2D eigenvalue weighted by atomic mass is 9.82. The summed E-state index contributed by atoms with van der Waals surface area (Å²) in [5.41, 5.74) is 1.95. The first-order valence-electron chi connectivity index (χ1n) is 6.41. The van der Waals surface area contributed by atoms with Gasteiger partial charge < -0.3 is 4.74 Å². The standard InChI is InChI=1S/C15H18O3/c1-11(17)18-15-7-5-13(6-8-15)14-4-2-3-12(9-14)10-16/h2-4,9-10,13,15H,5-8H2,1H3. The minimum Gasteiger partial charge on any atom is -0.463 e. The van der Waals surface area contributed by atoms with Gasteiger partial charge in [0.25, 0.3) is 0 Å². The first-order valence-corrected chi connectivity index (χ1v) is 6.41. The number of rotatable bonds is 3. The predicted octanol–water partition coefficient (Wildman–Crippen LogP) is 3.09. The van der Waals surface area contributed by atoms with Crippen LogP contribution in [-0.2, 0) is 9.53 Å². The monoisotopic (exact) mass is 246 g/mol. The molecular weight excluding hydrogens is 228 g/mol. The van der Waals surface area contributed by atoms with Crippen LogP contribution in [0.25, 0.3) is 0 Å². The van der Waals surface area contributed by atoms with Crippen molar-refractivity contribution in [2.45, 2.75) is 44.6 Å². The Hall–Kier alpha value is -1.64. The van der Waals surface area contributed by atoms with Crippen LogP contribution in [0.3, 0.4) is 0 Å². The Labute approximate surface area is 107 Å². The number of carbonyl (C=O) groups excluding carboxylic acids is 2. The van der Waals surface area contributed by atoms with E-state index in [-0.39, 0.29) is 12.1 Å². The molecule has 0 aliphatic heterocycles. The molecule has 3 heteroatoms. The highest BCUT2D eigenvalue weighted by Crippen LogP contribution is 2.34. The Bertz CT molecular complexity index is 431. The van der Waals surface area contributed by atoms with Gasteiger partial charge in [0, 0.05) is 12.5 Å². The summed E-state index contributed by atoms with van der Waals surface area (Å²) >= 11 is 0. The molecule has 0 radical (unpaired) electrons. The molecule has 1 aromatic carbocycles. The number of hydrogen-bond acceptors (Lipinski definition) is 3. The summed E-state index contributed by atoms with van der Waals surface area (Å²) in [6.45, 7) is 1.46. The maximum atomic E-state index is 10.9. The molecular formula is C15H18O3. The van der Waals surface area contributed by atoms with Crippen LogP contribution in [0.1, 0.15) is 54.4 Å². The van der Waals surface area contributed by atoms with Crippen LogP contribution >= 0.6 is 0 Å². The van der Waals surface area contributed by atoms with Gasteiger partial charge in [0.1, 0.15) is 12.4 Å². The van der Waals surface area contributed by atoms with Gasteiger partial charge in [-0.3, -0.25) is 9.59 Å². The molecule has 1 aliphatic rings. The third-order valence-electron chi connectivity index (χ3n) is 3.53. The Kier molecular flexibility index (Phi) is 4.13. The van der Waals surface area contributed by atoms with Gasteiger partial charge in [0.2, 0.25) is 0 Å². The molecule has 18 heavy (non-hydrogen) atoms. The molecule has 0 atom stereocenters. The smallest absolute Gasteiger partial charge is 0.302 e. The summed E-state index contributed by atoms with van der Waals surface area (Å²) in [5, 5.41) is 0. The van der Waals surface area contributed by atoms with Crippen LogP contribution in [0.15, 0.2) is 24.3 Å². The van der Waals surface area contributed by atoms with Crippen molar-refractivity contribution in [2.75, 3.05) is 0 Å². The number of esters is 1. The number of benzene rings is 1. The summed E-state index contributed by atoms with van der Waals surface area (Å²) in [4.78, 5) is 21.6. The molecule has 0 heterocycles. The topological polar surface area (TPSA) is 43.4 Å². The predicted molar refractivity (Wildman–Crippen MR) is 68.6 cm³/mol. The van der Waals surface area contributed by atoms with E-state index in [4.69, 9.17) is 4.74 Å². The maximum Gasteiger partial charge on any atom is 0.302 e. The summed E-state index contributed by atoms with van der Waals surface area (Å²) < 4.78 is 5.23. The van der Waals surface area contributed by atoms with Gasteiger partial charge in [0.15, 0.2) is 0 Å². The van der Waals surface area contributed by atoms with Crippen molar-refractivity contribution in [3.05, 3.63) is 35.4 Å². The lowest BCUT2D eigenvalue weighted by Gasteiger charge is -2.28. The molecule has 0 unspecified atom stereocenters. The van der Waals surface area contributed by atoms with Crippen LogP contribution in [0.2, 0.25) is 0 Å². The zero-order chi connectivity index (χ0) is 13.0. The van der Waals surface area contributed by atoms with Gasteiger partial charge in [-0.15, -0.1) is 0 Å². The number of aldehydes is 1. The molecule has 1 saturated carbocycles. The molecule has 3 nitrogen and oxygen atoms in total. The van der Waals surface area contributed by atoms with E-state index in [9.17, 15) is 9.59 Å². The number of carbonyl (C=O) groups is 2. The largest absolute Gasteiger partial charge is 0.463 e. The van der Waals surface area contributed by atoms with Gasteiger partial charge >= 0.3 is 5.97 Å². The van der Waals surface area contributed by atoms with Crippen molar-refractivity contribution in [2.24, 2.45) is 0 Å². The van der Waals surface area contributed by atoms with Crippen LogP contribution in [-0.4, -0.2) is 18.4 Å². The first-order chi connectivity index (χ1) is 8.69. The fourth-order valence-corrected chi connectivity index (χ4v) is 2.63. The second-order valence-corrected chi connectivity index (χ2v) is 4.87. The molecule has 0 aromatic heterocycles. The van der Waals surface area contributed by atoms with E-state index in [0.29, 0.717) is 5.92 Å². The maximum absolute atomic E-state index is 10.9. The minimum absolute atomic E-state index is 0.0769. The molecule has 96 valence electrons. The van der Waals surface area contributed by atoms with Crippen molar-refractivity contribution >= 4 is 12.3 Å². The van der Waals surface area contributed by atoms with E-state index >= 15 is 0 Å². The third-order valence-corrected chi connectivity index (χ3v) is 3.53. The molecule has 0 amide bonds. The van der Waals surface area contributed by atoms with Crippen LogP contribution in [0.5, 0.6) is 0 Å². The minimum atomic E-state index is -0.193. The second kappa shape index (κ2) is 5.80. The quantitative estimate of drug-likeness (QED) is 0.608. The highest BCUT2D eigenvalue weighted by atomic mass is 16.5. The van der Waals surface area contributed by atoms with E-state index < -0.39 is 0 Å². The van der Waals surface area contributed by atoms with Crippen molar-refractivity contribution in [3.63, 3.8) is 0 Å². The van der Waals surface area contributed by atoms with Gasteiger partial charge in [-0.05, 0) is 43.2 Å². The molecule has 0 saturated heterocycles. The Morgan fingerprint density at radius 2 is 2.00 bits per heavy atom. The molecule has 0 N–H and O–H groups in total. The van der Waals surface area contributed by atoms with Crippen LogP contribution < -0.4 is 0 Å². The average molecular weight is 246 g/mol. The molecule has 0 spiro atoms. The van der Waals surface area contributed by atoms with E-state index in [1.165, 1.54) is 12.5 Å². The van der Waals surface area contributed by atoms with E-state index in [1.807, 2.05) is 18.2 Å². The van der Waals surface area contributed by atoms with Gasteiger partial charge in [-0.25, -0.2) is 0 Å². The highest BCUT2D eigenvalue weighted by Gasteiger charge is 2.24. The SMILES string of the molecule is CC(=O)OC1CCC(c2cccc(C=O)c2)CC1. The van der Waals surface area contributed by atoms with Crippen molar-refractivity contribution in [1.29, 1.82) is 0 Å². The second-order valence-electron chi connectivity index (χ2n) is 4.87. The van der Waals surface area contributed by atoms with Crippen molar-refractivity contribution in [3.8, 4) is 0 Å². The fraction of sp³-hybridized carbons (Fsp3) is 0.467. The number of hydrogen-bond donors (Lipinski definition) is 0. The lowest BCUT2D eigenvalue weighted by molar-refractivity contribution is -0.147. The molecule has 0 bridgehead atoms. The molecule has 2 rings (SSSR count). The lowest BCUT2D eigenvalue weighted by Crippen LogP contribution is -2.22. The molecule has 1 aromatic rings. The third kappa shape index (κ3) is 3.19. The highest BCUT2D eigenvalue weighted by molar-refractivity contribution is 5.75. The van der Waals surface area contributed by atoms with Crippen LogP contribution in [0.4, 0.5) is 0 Å². The summed E-state index contributed by atoms with van der Waals surface area (Å²) in [6.07, 6.45) is 4.81. The zero-order valence-electron chi connectivity index (χ0n) is 10.6. The Morgan fingerprint density at radius 3 is 2.61 bits per heavy atom. The van der Waals surface area contributed by atoms with E-state index in [1.54, 1.807) is 0 Å². The summed E-state index contributed by atoms with van der Waals surface area (Å²) in [5.74, 6) is 0.290. The Morgan fingerprint density at radius 1 is 1.28 bits per heavy atom. The molecule has 1 fully saturated rings. The van der Waals surface area contributed by atoms with E-state index in [2.05, 4.69) is 6.07 Å².